The maximum absolute atomic E-state index is 14.9. The molecule has 1 aliphatic rings. The van der Waals surface area contributed by atoms with Crippen molar-refractivity contribution in [3.63, 3.8) is 0 Å². The number of amides is 2. The van der Waals surface area contributed by atoms with E-state index in [-0.39, 0.29) is 12.1 Å². The minimum atomic E-state index is -0.463. The second kappa shape index (κ2) is 8.49. The quantitative estimate of drug-likeness (QED) is 0.691. The minimum absolute atomic E-state index is 0.160. The van der Waals surface area contributed by atoms with Gasteiger partial charge in [0.2, 0.25) is 0 Å². The molecular weight excluding hydrogens is 381 g/mol. The van der Waals surface area contributed by atoms with Crippen molar-refractivity contribution >= 4 is 17.4 Å². The summed E-state index contributed by atoms with van der Waals surface area (Å²) in [6.07, 6.45) is 6.13. The molecule has 1 aromatic carbocycles. The number of anilines is 2. The van der Waals surface area contributed by atoms with Crippen LogP contribution in [-0.4, -0.2) is 33.5 Å². The second-order valence-electron chi connectivity index (χ2n) is 7.52. The molecule has 6 nitrogen and oxygen atoms in total. The zero-order valence-electron chi connectivity index (χ0n) is 17.0. The van der Waals surface area contributed by atoms with E-state index in [2.05, 4.69) is 20.2 Å². The first-order chi connectivity index (χ1) is 14.5. The summed E-state index contributed by atoms with van der Waals surface area (Å²) in [7, 11) is 0. The predicted octanol–water partition coefficient (Wildman–Crippen LogP) is 4.62. The highest BCUT2D eigenvalue weighted by Crippen LogP contribution is 2.37. The van der Waals surface area contributed by atoms with E-state index in [0.29, 0.717) is 24.3 Å². The van der Waals surface area contributed by atoms with Gasteiger partial charge in [0.15, 0.2) is 0 Å². The van der Waals surface area contributed by atoms with Crippen LogP contribution < -0.4 is 10.2 Å². The van der Waals surface area contributed by atoms with Gasteiger partial charge in [-0.25, -0.2) is 9.18 Å². The number of benzene rings is 1. The lowest BCUT2D eigenvalue weighted by Crippen LogP contribution is -2.46. The largest absolute Gasteiger partial charge is 0.364 e. The molecule has 7 heteroatoms. The monoisotopic (exact) mass is 405 g/mol. The summed E-state index contributed by atoms with van der Waals surface area (Å²) in [5.74, 6) is -0.411. The fraction of sp³-hybridized carbons (Fsp3) is 0.261. The van der Waals surface area contributed by atoms with E-state index >= 15 is 0 Å². The van der Waals surface area contributed by atoms with Crippen molar-refractivity contribution in [2.75, 3.05) is 16.8 Å². The Bertz CT molecular complexity index is 1010. The SMILES string of the molecule is C[C@@H]1CN(Cc2ccccc2)c2cncc(F)c2[C@H](C)N1C(=O)Nc1cccnc1. The first-order valence-electron chi connectivity index (χ1n) is 9.96. The van der Waals surface area contributed by atoms with Crippen molar-refractivity contribution in [1.82, 2.24) is 14.9 Å². The molecule has 0 bridgehead atoms. The Morgan fingerprint density at radius 1 is 1.10 bits per heavy atom. The van der Waals surface area contributed by atoms with Gasteiger partial charge in [-0.05, 0) is 31.5 Å². The van der Waals surface area contributed by atoms with E-state index in [1.54, 1.807) is 35.6 Å². The maximum Gasteiger partial charge on any atom is 0.322 e. The van der Waals surface area contributed by atoms with Crippen molar-refractivity contribution in [2.45, 2.75) is 32.5 Å². The Morgan fingerprint density at radius 2 is 1.90 bits per heavy atom. The van der Waals surface area contributed by atoms with Gasteiger partial charge in [0.25, 0.3) is 0 Å². The topological polar surface area (TPSA) is 61.4 Å². The average Bonchev–Trinajstić information content (AvgIpc) is 2.84. The molecule has 2 atom stereocenters. The highest BCUT2D eigenvalue weighted by atomic mass is 19.1. The number of nitrogens with zero attached hydrogens (tertiary/aromatic N) is 4. The van der Waals surface area contributed by atoms with Crippen LogP contribution >= 0.6 is 0 Å². The van der Waals surface area contributed by atoms with E-state index in [1.807, 2.05) is 44.2 Å². The van der Waals surface area contributed by atoms with Gasteiger partial charge < -0.3 is 15.1 Å². The summed E-state index contributed by atoms with van der Waals surface area (Å²) in [4.78, 5) is 25.1. The van der Waals surface area contributed by atoms with Crippen molar-refractivity contribution in [2.24, 2.45) is 0 Å². The molecule has 0 fully saturated rings. The summed E-state index contributed by atoms with van der Waals surface area (Å²) in [6, 6.07) is 12.6. The summed E-state index contributed by atoms with van der Waals surface area (Å²) in [5, 5.41) is 2.88. The number of carbonyl (C=O) groups excluding carboxylic acids is 1. The number of urea groups is 1. The molecule has 2 amide bonds. The molecule has 0 aliphatic carbocycles. The van der Waals surface area contributed by atoms with Crippen LogP contribution in [0.15, 0.2) is 67.3 Å². The van der Waals surface area contributed by atoms with E-state index in [4.69, 9.17) is 0 Å². The van der Waals surface area contributed by atoms with Gasteiger partial charge in [-0.1, -0.05) is 30.3 Å². The van der Waals surface area contributed by atoms with Gasteiger partial charge in [0.05, 0.1) is 36.0 Å². The highest BCUT2D eigenvalue weighted by Gasteiger charge is 2.35. The third kappa shape index (κ3) is 3.96. The Labute approximate surface area is 175 Å². The highest BCUT2D eigenvalue weighted by molar-refractivity contribution is 5.90. The van der Waals surface area contributed by atoms with Crippen LogP contribution in [0.5, 0.6) is 0 Å². The molecule has 0 saturated heterocycles. The lowest BCUT2D eigenvalue weighted by molar-refractivity contribution is 0.170. The predicted molar refractivity (Wildman–Crippen MR) is 115 cm³/mol. The van der Waals surface area contributed by atoms with Crippen LogP contribution in [0.3, 0.4) is 0 Å². The fourth-order valence-electron chi connectivity index (χ4n) is 4.08. The third-order valence-electron chi connectivity index (χ3n) is 5.42. The number of rotatable bonds is 3. The average molecular weight is 405 g/mol. The van der Waals surface area contributed by atoms with Crippen LogP contribution in [0.4, 0.5) is 20.6 Å². The van der Waals surface area contributed by atoms with Gasteiger partial charge in [-0.15, -0.1) is 0 Å². The Hall–Kier alpha value is -3.48. The Balaban J connectivity index is 1.69. The summed E-state index contributed by atoms with van der Waals surface area (Å²) >= 11 is 0. The smallest absolute Gasteiger partial charge is 0.322 e. The van der Waals surface area contributed by atoms with Crippen molar-refractivity contribution in [3.05, 3.63) is 84.2 Å². The number of aromatic nitrogens is 2. The number of hydrogen-bond acceptors (Lipinski definition) is 4. The molecule has 154 valence electrons. The molecule has 0 saturated carbocycles. The molecule has 0 spiro atoms. The Kier molecular flexibility index (Phi) is 5.61. The van der Waals surface area contributed by atoms with Crippen LogP contribution in [0.25, 0.3) is 0 Å². The van der Waals surface area contributed by atoms with Gasteiger partial charge in [0.1, 0.15) is 5.82 Å². The molecule has 2 aromatic heterocycles. The number of fused-ring (bicyclic) bond motifs is 1. The molecule has 4 rings (SSSR count). The lowest BCUT2D eigenvalue weighted by atomic mass is 10.1. The fourth-order valence-corrected chi connectivity index (χ4v) is 4.08. The van der Waals surface area contributed by atoms with Gasteiger partial charge in [0, 0.05) is 30.9 Å². The van der Waals surface area contributed by atoms with Crippen molar-refractivity contribution in [1.29, 1.82) is 0 Å². The van der Waals surface area contributed by atoms with Crippen molar-refractivity contribution < 1.29 is 9.18 Å². The zero-order chi connectivity index (χ0) is 21.1. The van der Waals surface area contributed by atoms with E-state index in [1.165, 1.54) is 6.20 Å². The normalized spacial score (nSPS) is 18.5. The number of nitrogens with one attached hydrogen (secondary N) is 1. The molecule has 30 heavy (non-hydrogen) atoms. The lowest BCUT2D eigenvalue weighted by Gasteiger charge is -2.33. The van der Waals surface area contributed by atoms with Gasteiger partial charge in [-0.2, -0.15) is 0 Å². The number of hydrogen-bond donors (Lipinski definition) is 1. The second-order valence-corrected chi connectivity index (χ2v) is 7.52. The zero-order valence-corrected chi connectivity index (χ0v) is 17.0. The third-order valence-corrected chi connectivity index (χ3v) is 5.42. The first-order valence-corrected chi connectivity index (χ1v) is 9.96. The molecule has 1 aliphatic heterocycles. The molecular formula is C23H24FN5O. The summed E-state index contributed by atoms with van der Waals surface area (Å²) < 4.78 is 14.9. The first kappa shape index (κ1) is 19.8. The minimum Gasteiger partial charge on any atom is -0.364 e. The van der Waals surface area contributed by atoms with Crippen LogP contribution in [0.1, 0.15) is 31.0 Å². The van der Waals surface area contributed by atoms with Crippen LogP contribution in [0, 0.1) is 5.82 Å². The molecule has 0 radical (unpaired) electrons. The van der Waals surface area contributed by atoms with E-state index < -0.39 is 11.9 Å². The van der Waals surface area contributed by atoms with Gasteiger partial charge >= 0.3 is 6.03 Å². The molecule has 3 aromatic rings. The number of halogens is 1. The summed E-state index contributed by atoms with van der Waals surface area (Å²) in [5.41, 5.74) is 2.91. The number of pyridine rings is 2. The van der Waals surface area contributed by atoms with E-state index in [0.717, 1.165) is 11.3 Å². The summed E-state index contributed by atoms with van der Waals surface area (Å²) in [6.45, 7) is 4.99. The maximum atomic E-state index is 14.9. The molecule has 0 unspecified atom stereocenters. The van der Waals surface area contributed by atoms with Gasteiger partial charge in [-0.3, -0.25) is 9.97 Å². The van der Waals surface area contributed by atoms with Crippen LogP contribution in [0.2, 0.25) is 0 Å². The molecule has 3 heterocycles. The number of carbonyl (C=O) groups is 1. The Morgan fingerprint density at radius 3 is 2.63 bits per heavy atom. The standard InChI is InChI=1S/C23H24FN5O/c1-16-14-28(15-18-7-4-3-5-8-18)21-13-26-12-20(24)22(21)17(2)29(16)23(30)27-19-9-6-10-25-11-19/h3-13,16-17H,14-15H2,1-2H3,(H,27,30)/t16-,17+/m1/s1. The van der Waals surface area contributed by atoms with Crippen LogP contribution in [-0.2, 0) is 6.54 Å². The van der Waals surface area contributed by atoms with Crippen molar-refractivity contribution in [3.8, 4) is 0 Å². The molecule has 1 N–H and O–H groups in total. The van der Waals surface area contributed by atoms with E-state index in [9.17, 15) is 9.18 Å².